The second-order valence-corrected chi connectivity index (χ2v) is 4.18. The average Bonchev–Trinajstić information content (AvgIpc) is 2.15. The van der Waals surface area contributed by atoms with Crippen LogP contribution in [-0.2, 0) is 10.0 Å². The second-order valence-electron chi connectivity index (χ2n) is 2.71. The summed E-state index contributed by atoms with van der Waals surface area (Å²) in [5.41, 5.74) is -1.73. The van der Waals surface area contributed by atoms with E-state index in [0.717, 1.165) is 0 Å². The minimum absolute atomic E-state index is 0.454. The summed E-state index contributed by atoms with van der Waals surface area (Å²) in [6.45, 7) is 0. The highest BCUT2D eigenvalue weighted by Crippen LogP contribution is 2.29. The number of primary sulfonamides is 1. The summed E-state index contributed by atoms with van der Waals surface area (Å²) in [7, 11) is -4.48. The van der Waals surface area contributed by atoms with Gasteiger partial charge in [-0.3, -0.25) is 0 Å². The fraction of sp³-hybridized carbons (Fsp3) is 0.143. The van der Waals surface area contributed by atoms with E-state index >= 15 is 0 Å². The summed E-state index contributed by atoms with van der Waals surface area (Å²) in [6, 6.07) is 1.80. The van der Waals surface area contributed by atoms with Gasteiger partial charge in [0.25, 0.3) is 16.4 Å². The molecule has 0 saturated carbocycles. The second kappa shape index (κ2) is 3.99. The van der Waals surface area contributed by atoms with Crippen molar-refractivity contribution < 1.29 is 22.3 Å². The van der Waals surface area contributed by atoms with Gasteiger partial charge >= 0.3 is 0 Å². The molecule has 0 saturated heterocycles. The maximum atomic E-state index is 12.4. The van der Waals surface area contributed by atoms with Crippen molar-refractivity contribution in [2.45, 2.75) is 11.5 Å². The average molecular weight is 249 g/mol. The Balaban J connectivity index is 3.64. The van der Waals surface area contributed by atoms with E-state index in [1.807, 2.05) is 0 Å². The van der Waals surface area contributed by atoms with Gasteiger partial charge in [0.2, 0.25) is 0 Å². The van der Waals surface area contributed by atoms with E-state index in [0.29, 0.717) is 6.07 Å². The number of halogens is 2. The highest BCUT2D eigenvalue weighted by molar-refractivity contribution is 7.89. The Kier molecular flexibility index (Phi) is 3.06. The van der Waals surface area contributed by atoms with Gasteiger partial charge in [-0.1, -0.05) is 0 Å². The van der Waals surface area contributed by atoms with Crippen molar-refractivity contribution in [3.63, 3.8) is 0 Å². The lowest BCUT2D eigenvalue weighted by Crippen LogP contribution is -2.17. The van der Waals surface area contributed by atoms with Crippen molar-refractivity contribution in [1.82, 2.24) is 4.98 Å². The first-order chi connectivity index (χ1) is 7.27. The van der Waals surface area contributed by atoms with Crippen LogP contribution in [0.25, 0.3) is 0 Å². The molecule has 0 fully saturated rings. The number of rotatable bonds is 2. The van der Waals surface area contributed by atoms with Crippen molar-refractivity contribution in [2.24, 2.45) is 5.14 Å². The van der Waals surface area contributed by atoms with Gasteiger partial charge in [0.05, 0.1) is 5.56 Å². The van der Waals surface area contributed by atoms with Crippen LogP contribution in [0.3, 0.4) is 0 Å². The van der Waals surface area contributed by atoms with Crippen LogP contribution >= 0.6 is 0 Å². The van der Waals surface area contributed by atoms with Crippen molar-refractivity contribution in [2.75, 3.05) is 0 Å². The molecule has 1 heterocycles. The molecule has 0 radical (unpaired) electrons. The third-order valence-electron chi connectivity index (χ3n) is 1.61. The molecule has 0 spiro atoms. The van der Waals surface area contributed by atoms with Gasteiger partial charge in [-0.2, -0.15) is 5.26 Å². The zero-order valence-electron chi connectivity index (χ0n) is 7.55. The first-order valence-corrected chi connectivity index (χ1v) is 5.27. The molecule has 16 heavy (non-hydrogen) atoms. The van der Waals surface area contributed by atoms with Crippen molar-refractivity contribution in [3.05, 3.63) is 17.3 Å². The lowest BCUT2D eigenvalue weighted by molar-refractivity contribution is 0.146. The molecule has 1 aromatic heterocycles. The van der Waals surface area contributed by atoms with Crippen LogP contribution in [0.1, 0.15) is 17.7 Å². The Morgan fingerprint density at radius 1 is 1.56 bits per heavy atom. The maximum Gasteiger partial charge on any atom is 0.266 e. The van der Waals surface area contributed by atoms with Crippen molar-refractivity contribution in [1.29, 1.82) is 5.26 Å². The molecule has 1 aromatic rings. The Morgan fingerprint density at radius 3 is 2.50 bits per heavy atom. The molecule has 9 heteroatoms. The van der Waals surface area contributed by atoms with Crippen LogP contribution in [0.5, 0.6) is 5.75 Å². The standard InChI is InChI=1S/C7H5F2N3O3S/c8-6(9)3-1-5(13)4(2-10)12-7(3)16(11,14)15/h1,6,13H,(H2,11,14,15). The van der Waals surface area contributed by atoms with E-state index in [4.69, 9.17) is 10.4 Å². The lowest BCUT2D eigenvalue weighted by Gasteiger charge is -2.07. The predicted molar refractivity (Wildman–Crippen MR) is 46.9 cm³/mol. The van der Waals surface area contributed by atoms with Crippen LogP contribution < -0.4 is 5.14 Å². The predicted octanol–water partition coefficient (Wildman–Crippen LogP) is 0.244. The van der Waals surface area contributed by atoms with Crippen LogP contribution in [0.2, 0.25) is 0 Å². The van der Waals surface area contributed by atoms with Gasteiger partial charge in [0, 0.05) is 0 Å². The van der Waals surface area contributed by atoms with Gasteiger partial charge < -0.3 is 5.11 Å². The summed E-state index contributed by atoms with van der Waals surface area (Å²) < 4.78 is 46.7. The molecule has 86 valence electrons. The number of aromatic nitrogens is 1. The first kappa shape index (κ1) is 12.3. The van der Waals surface area contributed by atoms with Gasteiger partial charge in [0.1, 0.15) is 6.07 Å². The largest absolute Gasteiger partial charge is 0.505 e. The van der Waals surface area contributed by atoms with Crippen LogP contribution in [0.15, 0.2) is 11.1 Å². The molecule has 0 unspecified atom stereocenters. The smallest absolute Gasteiger partial charge is 0.266 e. The van der Waals surface area contributed by atoms with Crippen molar-refractivity contribution >= 4 is 10.0 Å². The summed E-state index contributed by atoms with van der Waals surface area (Å²) >= 11 is 0. The minimum atomic E-state index is -4.48. The van der Waals surface area contributed by atoms with Crippen LogP contribution in [-0.4, -0.2) is 18.5 Å². The monoisotopic (exact) mass is 249 g/mol. The topological polar surface area (TPSA) is 117 Å². The molecule has 0 amide bonds. The normalized spacial score (nSPS) is 11.4. The summed E-state index contributed by atoms with van der Waals surface area (Å²) in [4.78, 5) is 3.08. The zero-order valence-corrected chi connectivity index (χ0v) is 8.37. The van der Waals surface area contributed by atoms with Gasteiger partial charge in [-0.25, -0.2) is 27.3 Å². The third-order valence-corrected chi connectivity index (χ3v) is 2.47. The molecule has 0 aliphatic heterocycles. The van der Waals surface area contributed by atoms with E-state index in [2.05, 4.69) is 10.1 Å². The van der Waals surface area contributed by atoms with E-state index < -0.39 is 38.5 Å². The fourth-order valence-electron chi connectivity index (χ4n) is 0.967. The van der Waals surface area contributed by atoms with Gasteiger partial charge in [0.15, 0.2) is 16.5 Å². The molecule has 0 atom stereocenters. The molecule has 0 aliphatic carbocycles. The lowest BCUT2D eigenvalue weighted by atomic mass is 10.2. The summed E-state index contributed by atoms with van der Waals surface area (Å²) in [5, 5.41) is 21.1. The highest BCUT2D eigenvalue weighted by atomic mass is 32.2. The van der Waals surface area contributed by atoms with Gasteiger partial charge in [-0.05, 0) is 6.07 Å². The van der Waals surface area contributed by atoms with E-state index in [9.17, 15) is 17.2 Å². The SMILES string of the molecule is N#Cc1nc(S(N)(=O)=O)c(C(F)F)cc1O. The number of sulfonamides is 1. The Morgan fingerprint density at radius 2 is 2.12 bits per heavy atom. The van der Waals surface area contributed by atoms with E-state index in [-0.39, 0.29) is 0 Å². The Labute approximate surface area is 89.0 Å². The number of hydrogen-bond donors (Lipinski definition) is 2. The Bertz CT molecular complexity index is 565. The maximum absolute atomic E-state index is 12.4. The molecule has 0 aliphatic rings. The molecule has 6 nitrogen and oxygen atoms in total. The summed E-state index contributed by atoms with van der Waals surface area (Å²) in [5.74, 6) is -0.829. The number of hydrogen-bond acceptors (Lipinski definition) is 5. The van der Waals surface area contributed by atoms with Crippen LogP contribution in [0.4, 0.5) is 8.78 Å². The van der Waals surface area contributed by atoms with Gasteiger partial charge in [-0.15, -0.1) is 0 Å². The number of aromatic hydroxyl groups is 1. The number of nitriles is 1. The molecule has 1 rings (SSSR count). The third kappa shape index (κ3) is 2.23. The minimum Gasteiger partial charge on any atom is -0.505 e. The highest BCUT2D eigenvalue weighted by Gasteiger charge is 2.25. The quantitative estimate of drug-likeness (QED) is 0.778. The molecule has 3 N–H and O–H groups in total. The molecular formula is C7H5F2N3O3S. The van der Waals surface area contributed by atoms with E-state index in [1.54, 1.807) is 0 Å². The first-order valence-electron chi connectivity index (χ1n) is 3.72. The number of pyridine rings is 1. The number of nitrogens with zero attached hydrogens (tertiary/aromatic N) is 2. The fourth-order valence-corrected chi connectivity index (χ4v) is 1.66. The number of nitrogens with two attached hydrogens (primary N) is 1. The molecular weight excluding hydrogens is 244 g/mol. The van der Waals surface area contributed by atoms with Crippen LogP contribution in [0, 0.1) is 11.3 Å². The zero-order chi connectivity index (χ0) is 12.5. The summed E-state index contributed by atoms with van der Waals surface area (Å²) in [6.07, 6.45) is -3.18. The molecule has 0 bridgehead atoms. The van der Waals surface area contributed by atoms with E-state index in [1.165, 1.54) is 6.07 Å². The van der Waals surface area contributed by atoms with Crippen molar-refractivity contribution in [3.8, 4) is 11.8 Å². The Hall–Kier alpha value is -1.79. The number of alkyl halides is 2. The molecule has 0 aromatic carbocycles.